The van der Waals surface area contributed by atoms with Crippen LogP contribution in [0.5, 0.6) is 0 Å². The van der Waals surface area contributed by atoms with Crippen LogP contribution in [0, 0.1) is 5.92 Å². The van der Waals surface area contributed by atoms with Crippen LogP contribution in [-0.2, 0) is 14.3 Å². The fourth-order valence-corrected chi connectivity index (χ4v) is 2.00. The largest absolute Gasteiger partial charge is 0.468 e. The molecular weight excluding hydrogens is 206 g/mol. The maximum Gasteiger partial charge on any atom is 0.322 e. The van der Waals surface area contributed by atoms with Crippen LogP contribution in [0.15, 0.2) is 25.3 Å². The second-order valence-electron chi connectivity index (χ2n) is 3.79. The number of carbonyl (C=O) groups is 2. The van der Waals surface area contributed by atoms with Crippen LogP contribution in [0.25, 0.3) is 0 Å². The smallest absolute Gasteiger partial charge is 0.322 e. The molecule has 1 N–H and O–H groups in total. The number of methoxy groups -OCH3 is 1. The first-order chi connectivity index (χ1) is 7.63. The van der Waals surface area contributed by atoms with Gasteiger partial charge in [0, 0.05) is 6.04 Å². The Bertz CT molecular complexity index is 311. The summed E-state index contributed by atoms with van der Waals surface area (Å²) in [5.41, 5.74) is 0. The summed E-state index contributed by atoms with van der Waals surface area (Å²) in [6.07, 6.45) is 4.34. The Morgan fingerprint density at radius 2 is 2.12 bits per heavy atom. The Balaban J connectivity index is 2.63. The molecule has 16 heavy (non-hydrogen) atoms. The Kier molecular flexibility index (Phi) is 4.43. The normalized spacial score (nSPS) is 25.8. The summed E-state index contributed by atoms with van der Waals surface area (Å²) >= 11 is 0. The summed E-state index contributed by atoms with van der Waals surface area (Å²) < 4.78 is 4.65. The Morgan fingerprint density at radius 1 is 1.44 bits per heavy atom. The first-order valence-corrected chi connectivity index (χ1v) is 5.26. The fourth-order valence-electron chi connectivity index (χ4n) is 2.00. The van der Waals surface area contributed by atoms with Gasteiger partial charge in [-0.25, -0.2) is 0 Å². The highest BCUT2D eigenvalue weighted by molar-refractivity contribution is 5.93. The molecule has 1 saturated heterocycles. The van der Waals surface area contributed by atoms with Crippen molar-refractivity contribution in [2.75, 3.05) is 7.11 Å². The van der Waals surface area contributed by atoms with Gasteiger partial charge in [0.25, 0.3) is 0 Å². The third-order valence-corrected chi connectivity index (χ3v) is 2.88. The van der Waals surface area contributed by atoms with Crippen molar-refractivity contribution in [2.24, 2.45) is 5.92 Å². The van der Waals surface area contributed by atoms with Crippen molar-refractivity contribution in [3.05, 3.63) is 25.3 Å². The number of hydrogen-bond acceptors (Lipinski definition) is 4. The molecule has 1 rings (SSSR count). The highest BCUT2D eigenvalue weighted by Crippen LogP contribution is 2.21. The summed E-state index contributed by atoms with van der Waals surface area (Å²) in [5, 5.41) is 3.09. The molecule has 1 fully saturated rings. The molecule has 0 amide bonds. The average molecular weight is 223 g/mol. The third-order valence-electron chi connectivity index (χ3n) is 2.88. The summed E-state index contributed by atoms with van der Waals surface area (Å²) in [5.74, 6) is -0.665. The van der Waals surface area contributed by atoms with E-state index in [0.717, 1.165) is 6.42 Å². The van der Waals surface area contributed by atoms with Crippen LogP contribution in [0.4, 0.5) is 0 Å². The van der Waals surface area contributed by atoms with Crippen LogP contribution >= 0.6 is 0 Å². The molecule has 2 unspecified atom stereocenters. The zero-order valence-corrected chi connectivity index (χ0v) is 9.44. The van der Waals surface area contributed by atoms with Crippen molar-refractivity contribution < 1.29 is 14.3 Å². The van der Waals surface area contributed by atoms with Gasteiger partial charge in [0.05, 0.1) is 13.0 Å². The summed E-state index contributed by atoms with van der Waals surface area (Å²) in [4.78, 5) is 22.8. The summed E-state index contributed by atoms with van der Waals surface area (Å²) in [6.45, 7) is 7.09. The second-order valence-corrected chi connectivity index (χ2v) is 3.79. The molecule has 88 valence electrons. The number of nitrogens with one attached hydrogen (secondary N) is 1. The van der Waals surface area contributed by atoms with Gasteiger partial charge in [-0.1, -0.05) is 12.7 Å². The first kappa shape index (κ1) is 12.6. The average Bonchev–Trinajstić information content (AvgIpc) is 2.78. The van der Waals surface area contributed by atoms with Gasteiger partial charge < -0.3 is 10.1 Å². The molecule has 3 atom stereocenters. The predicted octanol–water partition coefficient (Wildman–Crippen LogP) is 0.837. The number of allylic oxidation sites excluding steroid dienone is 1. The van der Waals surface area contributed by atoms with Crippen molar-refractivity contribution in [1.29, 1.82) is 0 Å². The Hall–Kier alpha value is -1.42. The minimum absolute atomic E-state index is 0.0490. The number of rotatable bonds is 5. The van der Waals surface area contributed by atoms with Gasteiger partial charge in [-0.3, -0.25) is 9.59 Å². The van der Waals surface area contributed by atoms with Crippen LogP contribution in [-0.4, -0.2) is 30.9 Å². The predicted molar refractivity (Wildman–Crippen MR) is 60.9 cm³/mol. The maximum atomic E-state index is 11.5. The number of hydrogen-bond donors (Lipinski definition) is 1. The van der Waals surface area contributed by atoms with Gasteiger partial charge in [-0.15, -0.1) is 6.58 Å². The van der Waals surface area contributed by atoms with E-state index in [0.29, 0.717) is 6.42 Å². The van der Waals surface area contributed by atoms with E-state index in [9.17, 15) is 9.59 Å². The Morgan fingerprint density at radius 3 is 2.62 bits per heavy atom. The van der Waals surface area contributed by atoms with Gasteiger partial charge in [0.2, 0.25) is 0 Å². The standard InChI is InChI=1S/C12H17NO3/c1-4-8(11(14)5-2)9-6-7-10(13-9)12(15)16-3/h4-5,8-10,13H,1-2,6-7H2,3H3/t8?,9?,10-/m0/s1. The van der Waals surface area contributed by atoms with Crippen LogP contribution in [0.1, 0.15) is 12.8 Å². The van der Waals surface area contributed by atoms with Gasteiger partial charge >= 0.3 is 5.97 Å². The summed E-state index contributed by atoms with van der Waals surface area (Å²) in [6, 6.07) is -0.359. The zero-order valence-electron chi connectivity index (χ0n) is 9.44. The van der Waals surface area contributed by atoms with Crippen molar-refractivity contribution in [3.8, 4) is 0 Å². The molecule has 0 aromatic rings. The molecule has 0 bridgehead atoms. The quantitative estimate of drug-likeness (QED) is 0.426. The Labute approximate surface area is 95.4 Å². The van der Waals surface area contributed by atoms with Crippen molar-refractivity contribution >= 4 is 11.8 Å². The molecule has 0 aromatic heterocycles. The lowest BCUT2D eigenvalue weighted by molar-refractivity contribution is -0.142. The van der Waals surface area contributed by atoms with E-state index in [2.05, 4.69) is 23.2 Å². The molecular formula is C12H17NO3. The molecule has 0 saturated carbocycles. The molecule has 1 aliphatic heterocycles. The van der Waals surface area contributed by atoms with E-state index in [1.165, 1.54) is 13.2 Å². The molecule has 4 nitrogen and oxygen atoms in total. The monoisotopic (exact) mass is 223 g/mol. The topological polar surface area (TPSA) is 55.4 Å². The van der Waals surface area contributed by atoms with Gasteiger partial charge in [-0.05, 0) is 18.9 Å². The van der Waals surface area contributed by atoms with E-state index in [4.69, 9.17) is 0 Å². The SMILES string of the molecule is C=CC(=O)C(C=C)C1CC[C@@H](C(=O)OC)N1. The molecule has 0 aromatic carbocycles. The van der Waals surface area contributed by atoms with Crippen LogP contribution in [0.2, 0.25) is 0 Å². The minimum atomic E-state index is -0.313. The van der Waals surface area contributed by atoms with E-state index < -0.39 is 0 Å². The number of carbonyl (C=O) groups excluding carboxylic acids is 2. The van der Waals surface area contributed by atoms with Crippen molar-refractivity contribution in [2.45, 2.75) is 24.9 Å². The lowest BCUT2D eigenvalue weighted by atomic mass is 9.94. The first-order valence-electron chi connectivity index (χ1n) is 5.26. The molecule has 0 aliphatic carbocycles. The van der Waals surface area contributed by atoms with Gasteiger partial charge in [0.15, 0.2) is 5.78 Å². The van der Waals surface area contributed by atoms with E-state index in [1.54, 1.807) is 6.08 Å². The van der Waals surface area contributed by atoms with Crippen molar-refractivity contribution in [1.82, 2.24) is 5.32 Å². The van der Waals surface area contributed by atoms with Crippen LogP contribution in [0.3, 0.4) is 0 Å². The maximum absolute atomic E-state index is 11.5. The number of ketones is 1. The molecule has 0 radical (unpaired) electrons. The molecule has 0 spiro atoms. The lowest BCUT2D eigenvalue weighted by Gasteiger charge is -2.18. The fraction of sp³-hybridized carbons (Fsp3) is 0.500. The third kappa shape index (κ3) is 2.58. The van der Waals surface area contributed by atoms with Gasteiger partial charge in [-0.2, -0.15) is 0 Å². The molecule has 1 aliphatic rings. The summed E-state index contributed by atoms with van der Waals surface area (Å²) in [7, 11) is 1.36. The number of esters is 1. The zero-order chi connectivity index (χ0) is 12.1. The highest BCUT2D eigenvalue weighted by Gasteiger charge is 2.35. The molecule has 4 heteroatoms. The second kappa shape index (κ2) is 5.61. The van der Waals surface area contributed by atoms with Crippen molar-refractivity contribution in [3.63, 3.8) is 0 Å². The van der Waals surface area contributed by atoms with E-state index in [1.807, 2.05) is 0 Å². The highest BCUT2D eigenvalue weighted by atomic mass is 16.5. The molecule has 1 heterocycles. The van der Waals surface area contributed by atoms with E-state index >= 15 is 0 Å². The van der Waals surface area contributed by atoms with E-state index in [-0.39, 0.29) is 29.8 Å². The number of ether oxygens (including phenoxy) is 1. The van der Waals surface area contributed by atoms with Crippen LogP contribution < -0.4 is 5.32 Å². The van der Waals surface area contributed by atoms with Gasteiger partial charge in [0.1, 0.15) is 6.04 Å². The minimum Gasteiger partial charge on any atom is -0.468 e. The lowest BCUT2D eigenvalue weighted by Crippen LogP contribution is -2.41.